The summed E-state index contributed by atoms with van der Waals surface area (Å²) in [7, 11) is 0. The van der Waals surface area contributed by atoms with Gasteiger partial charge in [0.2, 0.25) is 0 Å². The van der Waals surface area contributed by atoms with Crippen molar-refractivity contribution in [2.24, 2.45) is 0 Å². The van der Waals surface area contributed by atoms with Crippen molar-refractivity contribution in [3.8, 4) is 0 Å². The Morgan fingerprint density at radius 2 is 1.67 bits per heavy atom. The molecule has 0 aromatic heterocycles. The monoisotopic (exact) mass is 360 g/mol. The summed E-state index contributed by atoms with van der Waals surface area (Å²) in [6.07, 6.45) is 1.39. The van der Waals surface area contributed by atoms with Gasteiger partial charge in [-0.2, -0.15) is 0 Å². The fraction of sp³-hybridized carbons (Fsp3) is 0. The summed E-state index contributed by atoms with van der Waals surface area (Å²) in [4.78, 5) is 26.0. The highest BCUT2D eigenvalue weighted by molar-refractivity contribution is 7.80. The summed E-state index contributed by atoms with van der Waals surface area (Å²) in [5.41, 5.74) is 0.920. The van der Waals surface area contributed by atoms with Crippen LogP contribution in [0.4, 0.5) is 10.1 Å². The van der Waals surface area contributed by atoms with E-state index in [0.29, 0.717) is 16.3 Å². The molecule has 3 rings (SSSR count). The molecule has 0 aliphatic carbocycles. The number of hydrogen-bond donors (Lipinski definition) is 1. The molecule has 2 aromatic rings. The highest BCUT2D eigenvalue weighted by Gasteiger charge is 2.34. The normalized spacial score (nSPS) is 16.5. The molecule has 1 aliphatic rings. The Balaban J connectivity index is 1.99. The standard InChI is InChI=1S/C17H10ClFN2O2S/c18-11-3-7-13(8-4-11)21-16(23)14(15(22)20-17(21)24)9-10-1-5-12(19)6-2-10/h1-9H,(H,20,22,24)/b14-9-. The number of carbonyl (C=O) groups excluding carboxylic acids is 2. The van der Waals surface area contributed by atoms with Crippen molar-refractivity contribution in [1.82, 2.24) is 5.32 Å². The second-order valence-corrected chi connectivity index (χ2v) is 5.81. The van der Waals surface area contributed by atoms with Gasteiger partial charge in [0.05, 0.1) is 5.69 Å². The van der Waals surface area contributed by atoms with Crippen LogP contribution >= 0.6 is 23.8 Å². The highest BCUT2D eigenvalue weighted by Crippen LogP contribution is 2.23. The van der Waals surface area contributed by atoms with E-state index in [-0.39, 0.29) is 10.7 Å². The molecule has 1 heterocycles. The Kier molecular flexibility index (Phi) is 4.42. The Morgan fingerprint density at radius 3 is 2.29 bits per heavy atom. The van der Waals surface area contributed by atoms with Crippen LogP contribution in [0.2, 0.25) is 5.02 Å². The van der Waals surface area contributed by atoms with Gasteiger partial charge >= 0.3 is 0 Å². The average molecular weight is 361 g/mol. The van der Waals surface area contributed by atoms with Crippen molar-refractivity contribution in [2.45, 2.75) is 0 Å². The highest BCUT2D eigenvalue weighted by atomic mass is 35.5. The van der Waals surface area contributed by atoms with Crippen LogP contribution in [0, 0.1) is 5.82 Å². The fourth-order valence-electron chi connectivity index (χ4n) is 2.21. The number of carbonyl (C=O) groups is 2. The lowest BCUT2D eigenvalue weighted by molar-refractivity contribution is -0.122. The third-order valence-electron chi connectivity index (χ3n) is 3.37. The van der Waals surface area contributed by atoms with E-state index < -0.39 is 17.6 Å². The predicted octanol–water partition coefficient (Wildman–Crippen LogP) is 3.31. The number of nitrogens with zero attached hydrogens (tertiary/aromatic N) is 1. The van der Waals surface area contributed by atoms with E-state index in [1.165, 1.54) is 35.2 Å². The van der Waals surface area contributed by atoms with Crippen molar-refractivity contribution in [2.75, 3.05) is 4.90 Å². The second-order valence-electron chi connectivity index (χ2n) is 4.99. The molecule has 0 unspecified atom stereocenters. The number of hydrogen-bond acceptors (Lipinski definition) is 3. The van der Waals surface area contributed by atoms with E-state index >= 15 is 0 Å². The number of benzene rings is 2. The molecule has 2 amide bonds. The third kappa shape index (κ3) is 3.20. The van der Waals surface area contributed by atoms with E-state index in [9.17, 15) is 14.0 Å². The molecule has 0 spiro atoms. The predicted molar refractivity (Wildman–Crippen MR) is 94.1 cm³/mol. The molecule has 0 saturated carbocycles. The Hall–Kier alpha value is -2.57. The van der Waals surface area contributed by atoms with Gasteiger partial charge in [0.15, 0.2) is 5.11 Å². The molecule has 7 heteroatoms. The lowest BCUT2D eigenvalue weighted by Gasteiger charge is -2.28. The molecule has 0 radical (unpaired) electrons. The first-order valence-corrected chi connectivity index (χ1v) is 7.67. The van der Waals surface area contributed by atoms with Crippen LogP contribution in [0.5, 0.6) is 0 Å². The molecular weight excluding hydrogens is 351 g/mol. The first kappa shape index (κ1) is 16.3. The number of halogens is 2. The summed E-state index contributed by atoms with van der Waals surface area (Å²) in [6.45, 7) is 0. The van der Waals surface area contributed by atoms with Gasteiger partial charge in [0.25, 0.3) is 11.8 Å². The number of rotatable bonds is 2. The molecule has 4 nitrogen and oxygen atoms in total. The van der Waals surface area contributed by atoms with Gasteiger partial charge in [0.1, 0.15) is 11.4 Å². The van der Waals surface area contributed by atoms with Crippen LogP contribution < -0.4 is 10.2 Å². The Morgan fingerprint density at radius 1 is 1.04 bits per heavy atom. The molecule has 1 aliphatic heterocycles. The zero-order chi connectivity index (χ0) is 17.3. The van der Waals surface area contributed by atoms with Crippen molar-refractivity contribution in [3.05, 3.63) is 70.5 Å². The molecule has 24 heavy (non-hydrogen) atoms. The summed E-state index contributed by atoms with van der Waals surface area (Å²) < 4.78 is 13.0. The zero-order valence-corrected chi connectivity index (χ0v) is 13.7. The first-order valence-electron chi connectivity index (χ1n) is 6.88. The van der Waals surface area contributed by atoms with Crippen molar-refractivity contribution in [1.29, 1.82) is 0 Å². The maximum Gasteiger partial charge on any atom is 0.270 e. The van der Waals surface area contributed by atoms with Gasteiger partial charge in [-0.25, -0.2) is 4.39 Å². The smallest absolute Gasteiger partial charge is 0.270 e. The summed E-state index contributed by atoms with van der Waals surface area (Å²) in [5, 5.41) is 2.98. The van der Waals surface area contributed by atoms with Crippen molar-refractivity contribution >= 4 is 52.5 Å². The van der Waals surface area contributed by atoms with Gasteiger partial charge < -0.3 is 0 Å². The van der Waals surface area contributed by atoms with Crippen LogP contribution in [0.15, 0.2) is 54.1 Å². The quantitative estimate of drug-likeness (QED) is 0.508. The summed E-state index contributed by atoms with van der Waals surface area (Å²) in [5.74, 6) is -1.56. The maximum absolute atomic E-state index is 13.0. The van der Waals surface area contributed by atoms with Gasteiger partial charge in [-0.15, -0.1) is 0 Å². The van der Waals surface area contributed by atoms with Crippen LogP contribution in [0.1, 0.15) is 5.56 Å². The summed E-state index contributed by atoms with van der Waals surface area (Å²) in [6, 6.07) is 11.9. The maximum atomic E-state index is 13.0. The van der Waals surface area contributed by atoms with E-state index in [4.69, 9.17) is 23.8 Å². The second kappa shape index (κ2) is 6.51. The van der Waals surface area contributed by atoms with Gasteiger partial charge in [-0.1, -0.05) is 23.7 Å². The third-order valence-corrected chi connectivity index (χ3v) is 3.90. The molecule has 1 fully saturated rings. The lowest BCUT2D eigenvalue weighted by Crippen LogP contribution is -2.54. The molecule has 120 valence electrons. The first-order chi connectivity index (χ1) is 11.5. The topological polar surface area (TPSA) is 49.4 Å². The van der Waals surface area contributed by atoms with E-state index in [1.807, 2.05) is 0 Å². The van der Waals surface area contributed by atoms with Gasteiger partial charge in [-0.05, 0) is 60.3 Å². The molecule has 0 bridgehead atoms. The average Bonchev–Trinajstić information content (AvgIpc) is 2.55. The largest absolute Gasteiger partial charge is 0.298 e. The minimum atomic E-state index is -0.598. The number of thiocarbonyl (C=S) groups is 1. The van der Waals surface area contributed by atoms with Crippen LogP contribution in [0.3, 0.4) is 0 Å². The Labute approximate surface area is 147 Å². The van der Waals surface area contributed by atoms with Crippen molar-refractivity contribution < 1.29 is 14.0 Å². The minimum Gasteiger partial charge on any atom is -0.298 e. The number of anilines is 1. The van der Waals surface area contributed by atoms with Crippen molar-refractivity contribution in [3.63, 3.8) is 0 Å². The minimum absolute atomic E-state index is 0.0106. The van der Waals surface area contributed by atoms with E-state index in [1.54, 1.807) is 24.3 Å². The van der Waals surface area contributed by atoms with Gasteiger partial charge in [0, 0.05) is 5.02 Å². The summed E-state index contributed by atoms with van der Waals surface area (Å²) >= 11 is 10.9. The van der Waals surface area contributed by atoms with Crippen LogP contribution in [0.25, 0.3) is 6.08 Å². The van der Waals surface area contributed by atoms with Crippen LogP contribution in [-0.2, 0) is 9.59 Å². The molecular formula is C17H10ClFN2O2S. The number of amides is 2. The molecule has 1 N–H and O–H groups in total. The van der Waals surface area contributed by atoms with E-state index in [2.05, 4.69) is 5.32 Å². The zero-order valence-electron chi connectivity index (χ0n) is 12.1. The molecule has 2 aromatic carbocycles. The van der Waals surface area contributed by atoms with Gasteiger partial charge in [-0.3, -0.25) is 19.8 Å². The Bertz CT molecular complexity index is 863. The lowest BCUT2D eigenvalue weighted by atomic mass is 10.1. The van der Waals surface area contributed by atoms with E-state index in [0.717, 1.165) is 0 Å². The van der Waals surface area contributed by atoms with Crippen LogP contribution in [-0.4, -0.2) is 16.9 Å². The molecule has 1 saturated heterocycles. The molecule has 0 atom stereocenters. The number of nitrogens with one attached hydrogen (secondary N) is 1. The SMILES string of the molecule is O=C1NC(=S)N(c2ccc(Cl)cc2)C(=O)/C1=C\c1ccc(F)cc1. The fourth-order valence-corrected chi connectivity index (χ4v) is 2.61.